The zero-order valence-corrected chi connectivity index (χ0v) is 21.2. The van der Waals surface area contributed by atoms with Crippen molar-refractivity contribution < 1.29 is 28.5 Å². The summed E-state index contributed by atoms with van der Waals surface area (Å²) in [6.07, 6.45) is 4.18. The van der Waals surface area contributed by atoms with Gasteiger partial charge >= 0.3 is 13.5 Å². The van der Waals surface area contributed by atoms with Crippen LogP contribution in [0.5, 0.6) is 0 Å². The number of nitrogens with zero attached hydrogens (tertiary/aromatic N) is 2. The van der Waals surface area contributed by atoms with Gasteiger partial charge in [0, 0.05) is 31.3 Å². The van der Waals surface area contributed by atoms with Gasteiger partial charge in [-0.3, -0.25) is 9.59 Å². The molecule has 0 saturated carbocycles. The first-order chi connectivity index (χ1) is 16.4. The minimum absolute atomic E-state index is 0.0228. The van der Waals surface area contributed by atoms with Gasteiger partial charge in [0.1, 0.15) is 18.1 Å². The lowest BCUT2D eigenvalue weighted by atomic mass is 9.79. The van der Waals surface area contributed by atoms with E-state index < -0.39 is 23.0 Å². The Balaban J connectivity index is 1.71. The highest BCUT2D eigenvalue weighted by molar-refractivity contribution is 6.48. The lowest BCUT2D eigenvalue weighted by Crippen LogP contribution is -2.49. The largest absolute Gasteiger partial charge is 0.461 e. The molecule has 2 heterocycles. The average molecular weight is 484 g/mol. The van der Waals surface area contributed by atoms with Gasteiger partial charge in [0.15, 0.2) is 0 Å². The summed E-state index contributed by atoms with van der Waals surface area (Å²) in [7, 11) is -0.0228. The Morgan fingerprint density at radius 1 is 1.14 bits per heavy atom. The molecule has 1 N–H and O–H groups in total. The normalized spacial score (nSPS) is 16.1. The Morgan fingerprint density at radius 3 is 2.54 bits per heavy atom. The summed E-state index contributed by atoms with van der Waals surface area (Å²) in [5.74, 6) is -1.18. The summed E-state index contributed by atoms with van der Waals surface area (Å²) in [6, 6.07) is 4.63. The molecule has 0 saturated heterocycles. The number of aliphatic hydroxyl groups is 1. The number of carbonyl (C=O) groups is 2. The number of anilines is 1. The van der Waals surface area contributed by atoms with E-state index in [1.165, 1.54) is 30.3 Å². The van der Waals surface area contributed by atoms with E-state index in [9.17, 15) is 19.1 Å². The molecule has 188 valence electrons. The maximum Gasteiger partial charge on any atom is 0.310 e. The number of fused-ring (bicyclic) bond motifs is 3. The Hall–Kier alpha value is -2.65. The molecule has 35 heavy (non-hydrogen) atoms. The van der Waals surface area contributed by atoms with E-state index in [2.05, 4.69) is 4.57 Å². The quantitative estimate of drug-likeness (QED) is 0.483. The SMILES string of the molecule is CC(=O)OCc1c(BOC(C)(C)C(C)(C)O)cc(F)cc1N1CCn2c(cc3c2CCCC3)C1=O. The zero-order valence-electron chi connectivity index (χ0n) is 21.2. The second kappa shape index (κ2) is 9.43. The summed E-state index contributed by atoms with van der Waals surface area (Å²) in [5.41, 5.74) is 2.36. The average Bonchev–Trinajstić information content (AvgIpc) is 3.16. The van der Waals surface area contributed by atoms with Gasteiger partial charge in [-0.1, -0.05) is 0 Å². The van der Waals surface area contributed by atoms with Gasteiger partial charge in [0.25, 0.3) is 5.91 Å². The van der Waals surface area contributed by atoms with Crippen LogP contribution in [0.1, 0.15) is 74.8 Å². The molecule has 0 atom stereocenters. The lowest BCUT2D eigenvalue weighted by molar-refractivity contribution is -0.142. The summed E-state index contributed by atoms with van der Waals surface area (Å²) < 4.78 is 28.3. The smallest absolute Gasteiger partial charge is 0.310 e. The van der Waals surface area contributed by atoms with Gasteiger partial charge < -0.3 is 24.0 Å². The minimum atomic E-state index is -1.15. The van der Waals surface area contributed by atoms with Crippen LogP contribution < -0.4 is 10.4 Å². The fourth-order valence-corrected chi connectivity index (χ4v) is 4.69. The van der Waals surface area contributed by atoms with Crippen molar-refractivity contribution in [2.75, 3.05) is 11.4 Å². The Kier molecular flexibility index (Phi) is 6.86. The molecule has 1 aliphatic carbocycles. The summed E-state index contributed by atoms with van der Waals surface area (Å²) in [5, 5.41) is 10.5. The number of hydrogen-bond acceptors (Lipinski definition) is 5. The van der Waals surface area contributed by atoms with Crippen LogP contribution in [0.3, 0.4) is 0 Å². The van der Waals surface area contributed by atoms with Gasteiger partial charge in [-0.15, -0.1) is 0 Å². The molecule has 0 unspecified atom stereocenters. The first-order valence-electron chi connectivity index (χ1n) is 12.2. The van der Waals surface area contributed by atoms with Crippen LogP contribution in [-0.4, -0.2) is 46.8 Å². The number of benzene rings is 1. The fourth-order valence-electron chi connectivity index (χ4n) is 4.69. The number of rotatable bonds is 7. The maximum atomic E-state index is 14.9. The number of amides is 1. The molecule has 0 bridgehead atoms. The number of carbonyl (C=O) groups excluding carboxylic acids is 2. The van der Waals surface area contributed by atoms with Crippen LogP contribution in [0.4, 0.5) is 10.1 Å². The third kappa shape index (κ3) is 5.02. The molecule has 2 aromatic rings. The number of hydrogen-bond donors (Lipinski definition) is 1. The minimum Gasteiger partial charge on any atom is -0.461 e. The zero-order chi connectivity index (χ0) is 25.5. The van der Waals surface area contributed by atoms with Crippen LogP contribution in [0.25, 0.3) is 0 Å². The molecule has 4 rings (SSSR count). The van der Waals surface area contributed by atoms with E-state index in [0.717, 1.165) is 25.7 Å². The molecule has 0 radical (unpaired) electrons. The molecule has 1 amide bonds. The van der Waals surface area contributed by atoms with E-state index in [0.29, 0.717) is 35.5 Å². The summed E-state index contributed by atoms with van der Waals surface area (Å²) >= 11 is 0. The first-order valence-corrected chi connectivity index (χ1v) is 12.2. The van der Waals surface area contributed by atoms with Crippen molar-refractivity contribution in [2.24, 2.45) is 0 Å². The van der Waals surface area contributed by atoms with Gasteiger partial charge in [0.2, 0.25) is 0 Å². The number of esters is 1. The maximum absolute atomic E-state index is 14.9. The van der Waals surface area contributed by atoms with Crippen LogP contribution in [0.15, 0.2) is 18.2 Å². The van der Waals surface area contributed by atoms with E-state index in [-0.39, 0.29) is 20.0 Å². The molecule has 1 aliphatic heterocycles. The number of halogens is 1. The predicted octanol–water partition coefficient (Wildman–Crippen LogP) is 2.77. The molecule has 2 aliphatic rings. The molecule has 7 nitrogen and oxygen atoms in total. The summed E-state index contributed by atoms with van der Waals surface area (Å²) in [4.78, 5) is 26.8. The van der Waals surface area contributed by atoms with Crippen molar-refractivity contribution in [3.8, 4) is 0 Å². The Morgan fingerprint density at radius 2 is 1.86 bits per heavy atom. The molecule has 0 spiro atoms. The Bertz CT molecular complexity index is 1150. The number of ether oxygens (including phenoxy) is 1. The number of aromatic nitrogens is 1. The first kappa shape index (κ1) is 25.4. The molecule has 0 fully saturated rings. The van der Waals surface area contributed by atoms with Gasteiger partial charge in [-0.05, 0) is 82.6 Å². The van der Waals surface area contributed by atoms with Crippen molar-refractivity contribution in [1.29, 1.82) is 0 Å². The van der Waals surface area contributed by atoms with Crippen LogP contribution in [0, 0.1) is 5.82 Å². The van der Waals surface area contributed by atoms with Crippen molar-refractivity contribution in [2.45, 2.75) is 84.7 Å². The molecule has 9 heteroatoms. The standard InChI is InChI=1S/C26H34BFN2O5/c1-16(31)34-15-19-20(27-35-26(4,5)25(2,3)33)13-18(28)14-22(19)30-11-10-29-21-9-7-6-8-17(21)12-23(29)24(30)32/h12-14,27,33H,6-11,15H2,1-5H3. The third-order valence-corrected chi connectivity index (χ3v) is 7.48. The monoisotopic (exact) mass is 484 g/mol. The van der Waals surface area contributed by atoms with E-state index in [4.69, 9.17) is 9.39 Å². The van der Waals surface area contributed by atoms with E-state index in [1.54, 1.807) is 32.6 Å². The molecule has 1 aromatic carbocycles. The predicted molar refractivity (Wildman–Crippen MR) is 133 cm³/mol. The lowest BCUT2D eigenvalue weighted by Gasteiger charge is -2.38. The summed E-state index contributed by atoms with van der Waals surface area (Å²) in [6.45, 7) is 8.99. The molecular formula is C26H34BFN2O5. The van der Waals surface area contributed by atoms with Crippen molar-refractivity contribution in [3.63, 3.8) is 0 Å². The van der Waals surface area contributed by atoms with Crippen molar-refractivity contribution in [1.82, 2.24) is 4.57 Å². The highest BCUT2D eigenvalue weighted by atomic mass is 19.1. The molecular weight excluding hydrogens is 450 g/mol. The number of aryl methyl sites for hydroxylation is 1. The van der Waals surface area contributed by atoms with Crippen LogP contribution in [0.2, 0.25) is 0 Å². The Labute approximate surface area is 206 Å². The van der Waals surface area contributed by atoms with Gasteiger partial charge in [0.05, 0.1) is 16.9 Å². The fraction of sp³-hybridized carbons (Fsp3) is 0.538. The topological polar surface area (TPSA) is 81.0 Å². The van der Waals surface area contributed by atoms with Crippen molar-refractivity contribution in [3.05, 3.63) is 46.5 Å². The van der Waals surface area contributed by atoms with Crippen molar-refractivity contribution >= 4 is 30.5 Å². The molecule has 1 aromatic heterocycles. The van der Waals surface area contributed by atoms with Crippen LogP contribution in [-0.2, 0) is 40.2 Å². The van der Waals surface area contributed by atoms with Crippen LogP contribution >= 0.6 is 0 Å². The second-order valence-electron chi connectivity index (χ2n) is 10.5. The highest BCUT2D eigenvalue weighted by Gasteiger charge is 2.37. The van der Waals surface area contributed by atoms with Gasteiger partial charge in [-0.2, -0.15) is 0 Å². The second-order valence-corrected chi connectivity index (χ2v) is 10.5. The van der Waals surface area contributed by atoms with Gasteiger partial charge in [-0.25, -0.2) is 4.39 Å². The highest BCUT2D eigenvalue weighted by Crippen LogP contribution is 2.32. The van der Waals surface area contributed by atoms with E-state index in [1.807, 2.05) is 6.07 Å². The third-order valence-electron chi connectivity index (χ3n) is 7.48. The van der Waals surface area contributed by atoms with E-state index >= 15 is 0 Å².